The summed E-state index contributed by atoms with van der Waals surface area (Å²) in [6.07, 6.45) is 5.35. The van der Waals surface area contributed by atoms with Crippen LogP contribution in [0.2, 0.25) is 0 Å². The maximum atomic E-state index is 12.1. The number of aromatic amines is 2. The number of hydrogen-bond donors (Lipinski definition) is 5. The van der Waals surface area contributed by atoms with E-state index in [-0.39, 0.29) is 4.90 Å². The predicted octanol–water partition coefficient (Wildman–Crippen LogP) is 0.849. The van der Waals surface area contributed by atoms with Crippen LogP contribution in [-0.4, -0.2) is 36.9 Å². The molecule has 0 atom stereocenters. The zero-order valence-electron chi connectivity index (χ0n) is 15.5. The van der Waals surface area contributed by atoms with E-state index in [0.717, 1.165) is 29.7 Å². The molecular weight excluding hydrogens is 394 g/mol. The van der Waals surface area contributed by atoms with Crippen LogP contribution in [0.3, 0.4) is 0 Å². The Hall–Kier alpha value is -3.18. The monoisotopic (exact) mass is 416 g/mol. The zero-order chi connectivity index (χ0) is 20.4. The van der Waals surface area contributed by atoms with E-state index in [4.69, 9.17) is 5.73 Å². The number of carbonyl (C=O) groups is 1. The standard InChI is InChI=1S/C18H21N7O3S/c19-15(26)10-21-29(27,28)13-6-4-12(5-7-13)23-18-24-16-14(8-9-20-16)17(25-18)22-11-2-1-3-11/h4-9,11,21H,1-3,10H2,(H2,19,26)(H3,20,22,23,24,25)/p+1. The lowest BCUT2D eigenvalue weighted by atomic mass is 9.93. The van der Waals surface area contributed by atoms with Gasteiger partial charge in [0, 0.05) is 6.20 Å². The zero-order valence-corrected chi connectivity index (χ0v) is 16.3. The van der Waals surface area contributed by atoms with Crippen molar-refractivity contribution in [3.63, 3.8) is 0 Å². The average molecular weight is 416 g/mol. The van der Waals surface area contributed by atoms with Crippen LogP contribution in [0.1, 0.15) is 19.3 Å². The Balaban J connectivity index is 1.53. The summed E-state index contributed by atoms with van der Waals surface area (Å²) in [7, 11) is -3.80. The molecule has 0 bridgehead atoms. The van der Waals surface area contributed by atoms with E-state index in [1.165, 1.54) is 18.6 Å². The van der Waals surface area contributed by atoms with Crippen LogP contribution >= 0.6 is 0 Å². The van der Waals surface area contributed by atoms with Gasteiger partial charge in [-0.3, -0.25) is 10.1 Å². The van der Waals surface area contributed by atoms with E-state index in [0.29, 0.717) is 17.7 Å². The van der Waals surface area contributed by atoms with Crippen molar-refractivity contribution in [2.24, 2.45) is 5.73 Å². The van der Waals surface area contributed by atoms with Crippen LogP contribution in [0.4, 0.5) is 17.5 Å². The van der Waals surface area contributed by atoms with Crippen LogP contribution in [0, 0.1) is 0 Å². The molecule has 152 valence electrons. The number of hydrogen-bond acceptors (Lipinski definition) is 6. The summed E-state index contributed by atoms with van der Waals surface area (Å²) in [5.74, 6) is 0.655. The number of nitrogens with zero attached hydrogens (tertiary/aromatic N) is 1. The largest absolute Gasteiger partial charge is 0.369 e. The number of carbonyl (C=O) groups excluding carboxylic acids is 1. The van der Waals surface area contributed by atoms with E-state index in [2.05, 4.69) is 30.3 Å². The second-order valence-corrected chi connectivity index (χ2v) is 8.68. The minimum atomic E-state index is -3.80. The minimum Gasteiger partial charge on any atom is -0.369 e. The highest BCUT2D eigenvalue weighted by atomic mass is 32.2. The first-order valence-corrected chi connectivity index (χ1v) is 10.7. The number of fused-ring (bicyclic) bond motifs is 1. The van der Waals surface area contributed by atoms with Gasteiger partial charge in [-0.1, -0.05) is 4.98 Å². The molecule has 4 rings (SSSR count). The van der Waals surface area contributed by atoms with Gasteiger partial charge in [0.15, 0.2) is 0 Å². The van der Waals surface area contributed by atoms with Gasteiger partial charge in [0.25, 0.3) is 0 Å². The average Bonchev–Trinajstić information content (AvgIpc) is 3.12. The lowest BCUT2D eigenvalue weighted by molar-refractivity contribution is -0.346. The van der Waals surface area contributed by atoms with Crippen molar-refractivity contribution in [2.75, 3.05) is 17.2 Å². The van der Waals surface area contributed by atoms with Crippen LogP contribution in [0.5, 0.6) is 0 Å². The molecule has 7 N–H and O–H groups in total. The molecule has 11 heteroatoms. The van der Waals surface area contributed by atoms with Crippen LogP contribution < -0.4 is 26.1 Å². The Kier molecular flexibility index (Phi) is 5.07. The van der Waals surface area contributed by atoms with Gasteiger partial charge in [-0.2, -0.15) is 0 Å². The molecule has 0 aliphatic heterocycles. The molecule has 29 heavy (non-hydrogen) atoms. The lowest BCUT2D eigenvalue weighted by Crippen LogP contribution is -2.33. The minimum absolute atomic E-state index is 0.0356. The molecule has 2 aromatic heterocycles. The molecule has 1 fully saturated rings. The molecule has 1 aromatic carbocycles. The molecule has 0 spiro atoms. The van der Waals surface area contributed by atoms with Crippen LogP contribution in [0.25, 0.3) is 11.0 Å². The fraction of sp³-hybridized carbons (Fsp3) is 0.278. The van der Waals surface area contributed by atoms with Gasteiger partial charge < -0.3 is 16.0 Å². The molecule has 1 amide bonds. The quantitative estimate of drug-likeness (QED) is 0.366. The number of rotatable bonds is 8. The molecule has 2 heterocycles. The first-order chi connectivity index (χ1) is 13.9. The van der Waals surface area contributed by atoms with Crippen molar-refractivity contribution in [3.05, 3.63) is 36.5 Å². The second-order valence-electron chi connectivity index (χ2n) is 6.91. The highest BCUT2D eigenvalue weighted by Crippen LogP contribution is 2.26. The molecule has 1 aliphatic carbocycles. The second kappa shape index (κ2) is 7.68. The van der Waals surface area contributed by atoms with Gasteiger partial charge in [-0.15, -0.1) is 0 Å². The summed E-state index contributed by atoms with van der Waals surface area (Å²) in [5, 5.41) is 7.63. The molecule has 0 saturated heterocycles. The highest BCUT2D eigenvalue weighted by Gasteiger charge is 2.23. The number of aromatic nitrogens is 3. The number of primary amides is 1. The summed E-state index contributed by atoms with van der Waals surface area (Å²) >= 11 is 0. The first-order valence-electron chi connectivity index (χ1n) is 9.23. The number of nitrogens with two attached hydrogens (primary N) is 1. The third kappa shape index (κ3) is 4.30. The smallest absolute Gasteiger partial charge is 0.351 e. The summed E-state index contributed by atoms with van der Waals surface area (Å²) in [5.41, 5.74) is 6.37. The van der Waals surface area contributed by atoms with Gasteiger partial charge >= 0.3 is 5.95 Å². The maximum Gasteiger partial charge on any atom is 0.351 e. The van der Waals surface area contributed by atoms with E-state index >= 15 is 0 Å². The maximum absolute atomic E-state index is 12.1. The Bertz CT molecular complexity index is 1140. The third-order valence-corrected chi connectivity index (χ3v) is 6.20. The molecule has 0 unspecified atom stereocenters. The van der Waals surface area contributed by atoms with E-state index in [1.54, 1.807) is 12.1 Å². The number of H-pyrrole nitrogens is 2. The predicted molar refractivity (Wildman–Crippen MR) is 108 cm³/mol. The van der Waals surface area contributed by atoms with Crippen LogP contribution in [-0.2, 0) is 14.8 Å². The van der Waals surface area contributed by atoms with E-state index < -0.39 is 22.5 Å². The Morgan fingerprint density at radius 3 is 2.66 bits per heavy atom. The van der Waals surface area contributed by atoms with Gasteiger partial charge in [-0.05, 0) is 49.6 Å². The Labute approximate surface area is 167 Å². The fourth-order valence-electron chi connectivity index (χ4n) is 3.01. The topological polar surface area (TPSA) is 156 Å². The number of amides is 1. The molecular formula is C18H22N7O3S+. The van der Waals surface area contributed by atoms with Crippen molar-refractivity contribution >= 4 is 44.4 Å². The highest BCUT2D eigenvalue weighted by molar-refractivity contribution is 7.89. The molecule has 10 nitrogen and oxygen atoms in total. The van der Waals surface area contributed by atoms with Crippen molar-refractivity contribution in [3.8, 4) is 0 Å². The Morgan fingerprint density at radius 2 is 2.00 bits per heavy atom. The molecule has 0 radical (unpaired) electrons. The third-order valence-electron chi connectivity index (χ3n) is 4.78. The fourth-order valence-corrected chi connectivity index (χ4v) is 4.01. The summed E-state index contributed by atoms with van der Waals surface area (Å²) in [4.78, 5) is 21.7. The first kappa shape index (κ1) is 19.2. The van der Waals surface area contributed by atoms with Gasteiger partial charge in [0.05, 0.1) is 28.6 Å². The number of sulfonamides is 1. The number of anilines is 3. The lowest BCUT2D eigenvalue weighted by Gasteiger charge is -2.24. The number of benzene rings is 1. The van der Waals surface area contributed by atoms with Crippen LogP contribution in [0.15, 0.2) is 41.4 Å². The normalized spacial score (nSPS) is 14.5. The number of nitrogens with one attached hydrogen (secondary N) is 5. The van der Waals surface area contributed by atoms with Gasteiger partial charge in [0.2, 0.25) is 27.4 Å². The summed E-state index contributed by atoms with van der Waals surface area (Å²) in [6, 6.07) is 8.52. The molecule has 1 saturated carbocycles. The van der Waals surface area contributed by atoms with Gasteiger partial charge in [-0.25, -0.2) is 18.1 Å². The SMILES string of the molecule is NC(=O)CNS(=O)(=O)c1ccc(Nc2nc3[nH]ccc3c(NC3CCC3)[nH+]2)cc1. The summed E-state index contributed by atoms with van der Waals surface area (Å²) < 4.78 is 26.4. The van der Waals surface area contributed by atoms with E-state index in [1.807, 2.05) is 12.3 Å². The van der Waals surface area contributed by atoms with Crippen molar-refractivity contribution in [2.45, 2.75) is 30.2 Å². The molecule has 3 aromatic rings. The van der Waals surface area contributed by atoms with Crippen molar-refractivity contribution in [1.29, 1.82) is 0 Å². The van der Waals surface area contributed by atoms with Crippen molar-refractivity contribution in [1.82, 2.24) is 14.7 Å². The Morgan fingerprint density at radius 1 is 1.24 bits per heavy atom. The summed E-state index contributed by atoms with van der Waals surface area (Å²) in [6.45, 7) is -0.450. The molecule has 1 aliphatic rings. The van der Waals surface area contributed by atoms with E-state index in [9.17, 15) is 13.2 Å². The van der Waals surface area contributed by atoms with Gasteiger partial charge in [0.1, 0.15) is 0 Å². The van der Waals surface area contributed by atoms with Crippen molar-refractivity contribution < 1.29 is 18.2 Å².